The molecule has 1 aromatic carbocycles. The van der Waals surface area contributed by atoms with Crippen LogP contribution in [0.4, 0.5) is 4.79 Å². The molecule has 0 aromatic heterocycles. The Morgan fingerprint density at radius 3 is 2.42 bits per heavy atom. The van der Waals surface area contributed by atoms with Crippen molar-refractivity contribution in [2.75, 3.05) is 4.93 Å². The number of alkyl halides is 1. The van der Waals surface area contributed by atoms with Crippen LogP contribution >= 0.6 is 0 Å². The monoisotopic (exact) mass is 446 g/mol. The standard InChI is InChI=1S/C17H21INO5/c1-17(2,3)23-16(22)19-13(14(20)10-15(19)21)9-11-5-7-12(8-6-11)24-18-4/h5-8,13H,9-10H2,1-4H3/q-1/t13-/m0/s1. The Hall–Kier alpha value is -1.64. The Morgan fingerprint density at radius 1 is 1.25 bits per heavy atom. The number of Topliss-reactive ketones (excluding diaryl/α,β-unsaturated/α-hetero) is 1. The maximum atomic E-state index is 12.3. The number of nitrogens with zero attached hydrogens (tertiary/aromatic N) is 1. The molecule has 0 N–H and O–H groups in total. The fourth-order valence-corrected chi connectivity index (χ4v) is 3.21. The van der Waals surface area contributed by atoms with Gasteiger partial charge in [-0.3, -0.25) is 0 Å². The molecule has 0 unspecified atom stereocenters. The Labute approximate surface area is 152 Å². The normalized spacial score (nSPS) is 18.2. The van der Waals surface area contributed by atoms with Gasteiger partial charge in [-0.05, 0) is 0 Å². The van der Waals surface area contributed by atoms with Crippen LogP contribution in [-0.4, -0.2) is 39.3 Å². The summed E-state index contributed by atoms with van der Waals surface area (Å²) in [5, 5.41) is 0. The van der Waals surface area contributed by atoms with Gasteiger partial charge >= 0.3 is 152 Å². The van der Waals surface area contributed by atoms with Crippen LogP contribution in [0.25, 0.3) is 0 Å². The molecule has 2 amide bonds. The van der Waals surface area contributed by atoms with Crippen LogP contribution in [0.1, 0.15) is 32.8 Å². The molecular formula is C17H21INO5-. The number of hydrogen-bond donors (Lipinski definition) is 0. The van der Waals surface area contributed by atoms with Crippen LogP contribution in [-0.2, 0) is 20.7 Å². The second-order valence-corrected chi connectivity index (χ2v) is 7.80. The third-order valence-electron chi connectivity index (χ3n) is 3.39. The Balaban J connectivity index is 2.14. The number of carbonyl (C=O) groups is 3. The van der Waals surface area contributed by atoms with Gasteiger partial charge in [0, 0.05) is 0 Å². The fraction of sp³-hybridized carbons (Fsp3) is 0.471. The average Bonchev–Trinajstić information content (AvgIpc) is 2.74. The molecule has 0 spiro atoms. The molecule has 0 aliphatic carbocycles. The molecule has 24 heavy (non-hydrogen) atoms. The third-order valence-corrected chi connectivity index (χ3v) is 4.34. The van der Waals surface area contributed by atoms with Crippen molar-refractivity contribution in [2.45, 2.75) is 45.3 Å². The summed E-state index contributed by atoms with van der Waals surface area (Å²) < 4.78 is 10.7. The van der Waals surface area contributed by atoms with Gasteiger partial charge in [0.25, 0.3) is 0 Å². The molecule has 2 rings (SSSR count). The van der Waals surface area contributed by atoms with E-state index in [9.17, 15) is 14.4 Å². The SMILES string of the molecule is C[I-]Oc1ccc(C[C@H]2C(=O)CC(=O)N2C(=O)OC(C)(C)C)cc1. The van der Waals surface area contributed by atoms with Gasteiger partial charge in [-0.15, -0.1) is 0 Å². The summed E-state index contributed by atoms with van der Waals surface area (Å²) in [6.45, 7) is 5.16. The molecule has 1 aliphatic rings. The summed E-state index contributed by atoms with van der Waals surface area (Å²) in [6.07, 6.45) is -0.740. The van der Waals surface area contributed by atoms with Gasteiger partial charge in [-0.2, -0.15) is 0 Å². The molecule has 6 nitrogen and oxygen atoms in total. The second kappa shape index (κ2) is 7.50. The van der Waals surface area contributed by atoms with Crippen molar-refractivity contribution in [2.24, 2.45) is 0 Å². The van der Waals surface area contributed by atoms with Gasteiger partial charge in [0.1, 0.15) is 0 Å². The molecule has 1 saturated heterocycles. The van der Waals surface area contributed by atoms with Gasteiger partial charge < -0.3 is 0 Å². The van der Waals surface area contributed by atoms with Crippen LogP contribution in [0.3, 0.4) is 0 Å². The average molecular weight is 446 g/mol. The van der Waals surface area contributed by atoms with Gasteiger partial charge in [0.2, 0.25) is 0 Å². The summed E-state index contributed by atoms with van der Waals surface area (Å²) in [4.78, 5) is 39.4. The van der Waals surface area contributed by atoms with Crippen LogP contribution in [0, 0.1) is 0 Å². The summed E-state index contributed by atoms with van der Waals surface area (Å²) in [7, 11) is 0. The number of likely N-dealkylation sites (tertiary alicyclic amines) is 1. The van der Waals surface area contributed by atoms with Crippen molar-refractivity contribution in [1.29, 1.82) is 0 Å². The predicted octanol–water partition coefficient (Wildman–Crippen LogP) is -0.653. The zero-order chi connectivity index (χ0) is 17.9. The van der Waals surface area contributed by atoms with Crippen molar-refractivity contribution < 1.29 is 43.8 Å². The maximum absolute atomic E-state index is 12.3. The van der Waals surface area contributed by atoms with Crippen molar-refractivity contribution in [3.63, 3.8) is 0 Å². The summed E-state index contributed by atoms with van der Waals surface area (Å²) >= 11 is -0.307. The van der Waals surface area contributed by atoms with E-state index in [1.807, 2.05) is 29.2 Å². The number of amides is 2. The van der Waals surface area contributed by atoms with Crippen molar-refractivity contribution in [3.8, 4) is 5.75 Å². The number of benzene rings is 1. The minimum atomic E-state index is -0.808. The minimum absolute atomic E-state index is 0.259. The van der Waals surface area contributed by atoms with Crippen molar-refractivity contribution in [1.82, 2.24) is 4.90 Å². The van der Waals surface area contributed by atoms with Crippen LogP contribution in [0.2, 0.25) is 0 Å². The molecular weight excluding hydrogens is 425 g/mol. The Morgan fingerprint density at radius 2 is 1.88 bits per heavy atom. The van der Waals surface area contributed by atoms with Gasteiger partial charge in [0.15, 0.2) is 0 Å². The van der Waals surface area contributed by atoms with Crippen LogP contribution in [0.5, 0.6) is 5.75 Å². The first-order valence-corrected chi connectivity index (χ1v) is 10.6. The summed E-state index contributed by atoms with van der Waals surface area (Å²) in [6, 6.07) is 6.54. The Kier molecular flexibility index (Phi) is 5.84. The van der Waals surface area contributed by atoms with Crippen molar-refractivity contribution in [3.05, 3.63) is 29.8 Å². The van der Waals surface area contributed by atoms with E-state index in [-0.39, 0.29) is 40.2 Å². The topological polar surface area (TPSA) is 72.9 Å². The number of ketones is 1. The van der Waals surface area contributed by atoms with E-state index in [4.69, 9.17) is 7.80 Å². The van der Waals surface area contributed by atoms with Gasteiger partial charge in [-0.25, -0.2) is 0 Å². The van der Waals surface area contributed by atoms with E-state index in [2.05, 4.69) is 0 Å². The zero-order valence-electron chi connectivity index (χ0n) is 14.2. The molecule has 1 aliphatic heterocycles. The predicted molar refractivity (Wildman–Crippen MR) is 83.2 cm³/mol. The molecule has 1 atom stereocenters. The van der Waals surface area contributed by atoms with Crippen LogP contribution < -0.4 is 24.7 Å². The van der Waals surface area contributed by atoms with E-state index >= 15 is 0 Å². The fourth-order valence-electron chi connectivity index (χ4n) is 2.40. The Bertz CT molecular complexity index is 635. The van der Waals surface area contributed by atoms with E-state index < -0.39 is 23.6 Å². The molecule has 132 valence electrons. The first kappa shape index (κ1) is 18.7. The number of halogens is 1. The summed E-state index contributed by atoms with van der Waals surface area (Å²) in [5.41, 5.74) is 0.133. The molecule has 1 heterocycles. The molecule has 0 bridgehead atoms. The molecule has 1 aromatic rings. The van der Waals surface area contributed by atoms with E-state index in [1.54, 1.807) is 20.8 Å². The first-order chi connectivity index (χ1) is 11.2. The summed E-state index contributed by atoms with van der Waals surface area (Å²) in [5.74, 6) is 0.0208. The molecule has 0 radical (unpaired) electrons. The first-order valence-electron chi connectivity index (χ1n) is 7.54. The number of carbonyl (C=O) groups excluding carboxylic acids is 3. The number of rotatable bonds is 4. The molecule has 0 saturated carbocycles. The van der Waals surface area contributed by atoms with Crippen LogP contribution in [0.15, 0.2) is 24.3 Å². The zero-order valence-corrected chi connectivity index (χ0v) is 16.3. The number of imide groups is 1. The number of ether oxygens (including phenoxy) is 1. The van der Waals surface area contributed by atoms with E-state index in [0.29, 0.717) is 0 Å². The van der Waals surface area contributed by atoms with E-state index in [1.165, 1.54) is 0 Å². The van der Waals surface area contributed by atoms with Gasteiger partial charge in [-0.1, -0.05) is 0 Å². The van der Waals surface area contributed by atoms with Crippen molar-refractivity contribution >= 4 is 17.8 Å². The molecule has 7 heteroatoms. The molecule has 1 fully saturated rings. The van der Waals surface area contributed by atoms with Gasteiger partial charge in [0.05, 0.1) is 0 Å². The van der Waals surface area contributed by atoms with E-state index in [0.717, 1.165) is 16.2 Å². The third kappa shape index (κ3) is 4.68. The quantitative estimate of drug-likeness (QED) is 0.349. The number of hydrogen-bond acceptors (Lipinski definition) is 5. The second-order valence-electron chi connectivity index (χ2n) is 6.48.